The van der Waals surface area contributed by atoms with Crippen LogP contribution in [0.2, 0.25) is 0 Å². The number of likely N-dealkylation sites (tertiary alicyclic amines) is 1. The van der Waals surface area contributed by atoms with E-state index in [1.807, 2.05) is 6.92 Å². The molecule has 0 aliphatic carbocycles. The van der Waals surface area contributed by atoms with E-state index in [1.165, 1.54) is 6.42 Å². The number of nitrogens with zero attached hydrogens (tertiary/aromatic N) is 5. The van der Waals surface area contributed by atoms with Gasteiger partial charge in [0.25, 0.3) is 0 Å². The lowest BCUT2D eigenvalue weighted by Crippen LogP contribution is -2.52. The second-order valence-corrected chi connectivity index (χ2v) is 6.93. The molecule has 2 aliphatic rings. The largest absolute Gasteiger partial charge is 0.384 e. The molecule has 2 fully saturated rings. The van der Waals surface area contributed by atoms with Crippen molar-refractivity contribution in [3.8, 4) is 0 Å². The summed E-state index contributed by atoms with van der Waals surface area (Å²) in [5.74, 6) is 1.48. The van der Waals surface area contributed by atoms with Crippen LogP contribution in [0.1, 0.15) is 31.9 Å². The van der Waals surface area contributed by atoms with Gasteiger partial charge in [0.05, 0.1) is 6.54 Å². The van der Waals surface area contributed by atoms with Crippen LogP contribution in [-0.2, 0) is 4.79 Å². The maximum atomic E-state index is 12.5. The quantitative estimate of drug-likeness (QED) is 0.886. The maximum Gasteiger partial charge on any atom is 0.236 e. The molecule has 1 aromatic rings. The first-order valence-corrected chi connectivity index (χ1v) is 8.91. The van der Waals surface area contributed by atoms with Crippen LogP contribution in [0, 0.1) is 6.92 Å². The molecule has 0 bridgehead atoms. The topological polar surface area (TPSA) is 78.6 Å². The number of amides is 1. The fourth-order valence-corrected chi connectivity index (χ4v) is 3.57. The van der Waals surface area contributed by atoms with Crippen molar-refractivity contribution in [3.05, 3.63) is 11.8 Å². The minimum absolute atomic E-state index is 0.270. The molecule has 2 aliphatic heterocycles. The van der Waals surface area contributed by atoms with E-state index in [0.29, 0.717) is 24.4 Å². The van der Waals surface area contributed by atoms with E-state index in [0.717, 1.165) is 51.3 Å². The Labute approximate surface area is 143 Å². The first kappa shape index (κ1) is 17.0. The smallest absolute Gasteiger partial charge is 0.236 e. The lowest BCUT2D eigenvalue weighted by Gasteiger charge is -2.38. The van der Waals surface area contributed by atoms with Gasteiger partial charge in [0.1, 0.15) is 5.82 Å². The highest BCUT2D eigenvalue weighted by molar-refractivity contribution is 5.78. The Bertz CT molecular complexity index is 564. The Kier molecular flexibility index (Phi) is 5.18. The van der Waals surface area contributed by atoms with Gasteiger partial charge in [0.15, 0.2) is 0 Å². The van der Waals surface area contributed by atoms with E-state index in [2.05, 4.69) is 31.6 Å². The average molecular weight is 332 g/mol. The summed E-state index contributed by atoms with van der Waals surface area (Å²) in [5.41, 5.74) is 6.70. The zero-order valence-corrected chi connectivity index (χ0v) is 14.7. The standard InChI is InChI=1S/C17H28N6O/c1-13-11-15(18)20-17(19-13)22-9-7-21(8-10-22)12-16(24)23-6-4-3-5-14(23)2/h11,14H,3-10,12H2,1-2H3,(H2,18,19,20). The van der Waals surface area contributed by atoms with Crippen LogP contribution >= 0.6 is 0 Å². The zero-order valence-electron chi connectivity index (χ0n) is 14.7. The van der Waals surface area contributed by atoms with Crippen molar-refractivity contribution in [1.82, 2.24) is 19.8 Å². The molecule has 2 N–H and O–H groups in total. The summed E-state index contributed by atoms with van der Waals surface area (Å²) in [6, 6.07) is 2.16. The first-order valence-electron chi connectivity index (χ1n) is 8.91. The fraction of sp³-hybridized carbons (Fsp3) is 0.706. The molecule has 1 amide bonds. The van der Waals surface area contributed by atoms with Gasteiger partial charge in [-0.2, -0.15) is 4.98 Å². The number of carbonyl (C=O) groups excluding carboxylic acids is 1. The summed E-state index contributed by atoms with van der Waals surface area (Å²) in [7, 11) is 0. The normalized spacial score (nSPS) is 22.7. The number of nitrogens with two attached hydrogens (primary N) is 1. The van der Waals surface area contributed by atoms with Gasteiger partial charge in [-0.25, -0.2) is 4.98 Å². The van der Waals surface area contributed by atoms with Crippen molar-refractivity contribution in [1.29, 1.82) is 0 Å². The highest BCUT2D eigenvalue weighted by Crippen LogP contribution is 2.18. The molecular weight excluding hydrogens is 304 g/mol. The summed E-state index contributed by atoms with van der Waals surface area (Å²) in [6.45, 7) is 8.88. The van der Waals surface area contributed by atoms with E-state index in [9.17, 15) is 4.79 Å². The number of nitrogen functional groups attached to an aromatic ring is 1. The highest BCUT2D eigenvalue weighted by Gasteiger charge is 2.26. The zero-order chi connectivity index (χ0) is 17.1. The summed E-state index contributed by atoms with van der Waals surface area (Å²) < 4.78 is 0. The van der Waals surface area contributed by atoms with Crippen molar-refractivity contribution in [3.63, 3.8) is 0 Å². The van der Waals surface area contributed by atoms with Crippen molar-refractivity contribution in [2.75, 3.05) is 49.9 Å². The Hall–Kier alpha value is -1.89. The van der Waals surface area contributed by atoms with Gasteiger partial charge < -0.3 is 15.5 Å². The molecule has 1 unspecified atom stereocenters. The number of carbonyl (C=O) groups is 1. The lowest BCUT2D eigenvalue weighted by molar-refractivity contribution is -0.135. The van der Waals surface area contributed by atoms with Crippen LogP contribution in [-0.4, -0.2) is 71.0 Å². The minimum atomic E-state index is 0.270. The van der Waals surface area contributed by atoms with Crippen molar-refractivity contribution < 1.29 is 4.79 Å². The third-order valence-corrected chi connectivity index (χ3v) is 5.00. The molecule has 1 atom stereocenters. The second-order valence-electron chi connectivity index (χ2n) is 6.93. The summed E-state index contributed by atoms with van der Waals surface area (Å²) in [6.07, 6.45) is 3.50. The molecule has 132 valence electrons. The highest BCUT2D eigenvalue weighted by atomic mass is 16.2. The van der Waals surface area contributed by atoms with Crippen LogP contribution < -0.4 is 10.6 Å². The second kappa shape index (κ2) is 7.34. The monoisotopic (exact) mass is 332 g/mol. The molecule has 3 heterocycles. The van der Waals surface area contributed by atoms with E-state index in [4.69, 9.17) is 5.73 Å². The van der Waals surface area contributed by atoms with Crippen molar-refractivity contribution in [2.45, 2.75) is 39.2 Å². The molecule has 1 aromatic heterocycles. The molecule has 24 heavy (non-hydrogen) atoms. The third kappa shape index (κ3) is 3.95. The van der Waals surface area contributed by atoms with E-state index < -0.39 is 0 Å². The van der Waals surface area contributed by atoms with Gasteiger partial charge in [0.2, 0.25) is 11.9 Å². The first-order chi connectivity index (χ1) is 11.5. The van der Waals surface area contributed by atoms with E-state index in [-0.39, 0.29) is 5.91 Å². The molecule has 0 saturated carbocycles. The Morgan fingerprint density at radius 3 is 2.62 bits per heavy atom. The number of aryl methyl sites for hydroxylation is 1. The third-order valence-electron chi connectivity index (χ3n) is 5.00. The Balaban J connectivity index is 1.52. The summed E-state index contributed by atoms with van der Waals surface area (Å²) >= 11 is 0. The van der Waals surface area contributed by atoms with Crippen LogP contribution in [0.3, 0.4) is 0 Å². The molecular formula is C17H28N6O. The van der Waals surface area contributed by atoms with Gasteiger partial charge in [0, 0.05) is 50.5 Å². The van der Waals surface area contributed by atoms with Crippen LogP contribution in [0.25, 0.3) is 0 Å². The summed E-state index contributed by atoms with van der Waals surface area (Å²) in [4.78, 5) is 27.8. The predicted octanol–water partition coefficient (Wildman–Crippen LogP) is 0.890. The number of anilines is 2. The van der Waals surface area contributed by atoms with E-state index in [1.54, 1.807) is 6.07 Å². The molecule has 3 rings (SSSR count). The number of piperidine rings is 1. The molecule has 0 spiro atoms. The minimum Gasteiger partial charge on any atom is -0.384 e. The van der Waals surface area contributed by atoms with E-state index >= 15 is 0 Å². The van der Waals surface area contributed by atoms with Gasteiger partial charge in [-0.3, -0.25) is 9.69 Å². The van der Waals surface area contributed by atoms with Gasteiger partial charge in [-0.1, -0.05) is 0 Å². The van der Waals surface area contributed by atoms with Crippen molar-refractivity contribution in [2.24, 2.45) is 0 Å². The molecule has 7 heteroatoms. The maximum absolute atomic E-state index is 12.5. The number of hydrogen-bond acceptors (Lipinski definition) is 6. The molecule has 0 aromatic carbocycles. The fourth-order valence-electron chi connectivity index (χ4n) is 3.57. The Morgan fingerprint density at radius 1 is 1.21 bits per heavy atom. The molecule has 0 radical (unpaired) electrons. The van der Waals surface area contributed by atoms with Crippen LogP contribution in [0.15, 0.2) is 6.07 Å². The van der Waals surface area contributed by atoms with Crippen LogP contribution in [0.5, 0.6) is 0 Å². The Morgan fingerprint density at radius 2 is 1.96 bits per heavy atom. The number of piperazine rings is 1. The molecule has 2 saturated heterocycles. The number of rotatable bonds is 3. The average Bonchev–Trinajstić information content (AvgIpc) is 2.55. The van der Waals surface area contributed by atoms with Gasteiger partial charge in [-0.15, -0.1) is 0 Å². The van der Waals surface area contributed by atoms with Gasteiger partial charge >= 0.3 is 0 Å². The lowest BCUT2D eigenvalue weighted by atomic mass is 10.0. The van der Waals surface area contributed by atoms with Crippen LogP contribution in [0.4, 0.5) is 11.8 Å². The SMILES string of the molecule is Cc1cc(N)nc(N2CCN(CC(=O)N3CCCCC3C)CC2)n1. The van der Waals surface area contributed by atoms with Gasteiger partial charge in [-0.05, 0) is 33.1 Å². The number of aromatic nitrogens is 2. The predicted molar refractivity (Wildman–Crippen MR) is 94.9 cm³/mol. The van der Waals surface area contributed by atoms with Crippen molar-refractivity contribution >= 4 is 17.7 Å². The summed E-state index contributed by atoms with van der Waals surface area (Å²) in [5, 5.41) is 0. The number of hydrogen-bond donors (Lipinski definition) is 1. The molecule has 7 nitrogen and oxygen atoms in total.